The van der Waals surface area contributed by atoms with Crippen molar-refractivity contribution in [3.05, 3.63) is 94.5 Å². The van der Waals surface area contributed by atoms with E-state index in [1.807, 2.05) is 42.2 Å². The van der Waals surface area contributed by atoms with E-state index in [0.717, 1.165) is 42.3 Å². The first-order valence-electron chi connectivity index (χ1n) is 12.3. The summed E-state index contributed by atoms with van der Waals surface area (Å²) in [6.45, 7) is 7.84. The van der Waals surface area contributed by atoms with Crippen molar-refractivity contribution >= 4 is 34.9 Å². The average molecular weight is 536 g/mol. The molecule has 0 bridgehead atoms. The number of hydrogen-bond acceptors (Lipinski definition) is 6. The molecule has 2 atom stereocenters. The number of carboxylic acid groups (broad SMARTS) is 2. The van der Waals surface area contributed by atoms with Gasteiger partial charge < -0.3 is 10.2 Å². The van der Waals surface area contributed by atoms with Gasteiger partial charge in [-0.1, -0.05) is 48.5 Å². The fourth-order valence-electron chi connectivity index (χ4n) is 4.83. The van der Waals surface area contributed by atoms with E-state index in [2.05, 4.69) is 47.5 Å². The third-order valence-electron chi connectivity index (χ3n) is 6.44. The molecule has 1 fully saturated rings. The number of aliphatic carboxylic acids is 2. The Balaban J connectivity index is 0.000000436. The molecule has 1 aliphatic heterocycles. The van der Waals surface area contributed by atoms with Crippen molar-refractivity contribution in [1.82, 2.24) is 9.88 Å². The van der Waals surface area contributed by atoms with Crippen LogP contribution in [0.25, 0.3) is 0 Å². The quantitative estimate of drug-likeness (QED) is 0.405. The number of carbonyl (C=O) groups is 3. The number of amides is 1. The van der Waals surface area contributed by atoms with E-state index >= 15 is 0 Å². The van der Waals surface area contributed by atoms with Crippen molar-refractivity contribution in [3.8, 4) is 0 Å². The van der Waals surface area contributed by atoms with Crippen LogP contribution in [0.2, 0.25) is 0 Å². The maximum Gasteiger partial charge on any atom is 0.328 e. The van der Waals surface area contributed by atoms with Crippen molar-refractivity contribution in [2.75, 3.05) is 11.4 Å². The lowest BCUT2D eigenvalue weighted by atomic mass is 9.81. The van der Waals surface area contributed by atoms with Gasteiger partial charge in [0.15, 0.2) is 0 Å². The fraction of sp³-hybridized carbons (Fsp3) is 0.310. The van der Waals surface area contributed by atoms with Gasteiger partial charge in [-0.25, -0.2) is 14.6 Å². The highest BCUT2D eigenvalue weighted by atomic mass is 32.1. The summed E-state index contributed by atoms with van der Waals surface area (Å²) in [6, 6.07) is 21.0. The van der Waals surface area contributed by atoms with Gasteiger partial charge in [0.2, 0.25) is 5.91 Å². The first-order valence-corrected chi connectivity index (χ1v) is 13.2. The van der Waals surface area contributed by atoms with E-state index in [1.54, 1.807) is 18.3 Å². The first-order chi connectivity index (χ1) is 18.1. The molecular formula is C29H33N3O5S. The molecule has 9 heteroatoms. The molecule has 0 spiro atoms. The maximum absolute atomic E-state index is 13.0. The summed E-state index contributed by atoms with van der Waals surface area (Å²) >= 11 is 1.68. The molecule has 200 valence electrons. The van der Waals surface area contributed by atoms with E-state index in [1.165, 1.54) is 5.56 Å². The second-order valence-corrected chi connectivity index (χ2v) is 10.1. The Morgan fingerprint density at radius 2 is 1.63 bits per heavy atom. The zero-order chi connectivity index (χ0) is 27.7. The summed E-state index contributed by atoms with van der Waals surface area (Å²) in [7, 11) is 0. The molecule has 1 aromatic heterocycles. The zero-order valence-electron chi connectivity index (χ0n) is 21.8. The third-order valence-corrected chi connectivity index (χ3v) is 7.59. The molecule has 1 aliphatic rings. The Morgan fingerprint density at radius 3 is 2.11 bits per heavy atom. The predicted molar refractivity (Wildman–Crippen MR) is 148 cm³/mol. The Kier molecular flexibility index (Phi) is 9.92. The van der Waals surface area contributed by atoms with Crippen LogP contribution in [0.5, 0.6) is 0 Å². The van der Waals surface area contributed by atoms with Gasteiger partial charge in [-0.15, -0.1) is 11.3 Å². The molecule has 0 saturated carbocycles. The van der Waals surface area contributed by atoms with Gasteiger partial charge >= 0.3 is 11.9 Å². The van der Waals surface area contributed by atoms with Gasteiger partial charge in [-0.2, -0.15) is 0 Å². The van der Waals surface area contributed by atoms with Crippen molar-refractivity contribution in [3.63, 3.8) is 0 Å². The third kappa shape index (κ3) is 7.36. The second-order valence-electron chi connectivity index (χ2n) is 9.28. The van der Waals surface area contributed by atoms with Gasteiger partial charge in [0.1, 0.15) is 10.5 Å². The van der Waals surface area contributed by atoms with Gasteiger partial charge in [-0.3, -0.25) is 14.6 Å². The molecule has 2 aromatic carbocycles. The molecule has 4 rings (SSSR count). The van der Waals surface area contributed by atoms with Crippen LogP contribution in [0.1, 0.15) is 43.0 Å². The molecule has 1 saturated heterocycles. The molecule has 2 heterocycles. The zero-order valence-corrected chi connectivity index (χ0v) is 22.6. The minimum absolute atomic E-state index is 0.0674. The number of likely N-dealkylation sites (tertiary alicyclic amines) is 1. The van der Waals surface area contributed by atoms with Crippen molar-refractivity contribution < 1.29 is 24.6 Å². The first kappa shape index (κ1) is 28.7. The molecule has 38 heavy (non-hydrogen) atoms. The lowest BCUT2D eigenvalue weighted by molar-refractivity contribution is -0.134. The molecule has 2 N–H and O–H groups in total. The largest absolute Gasteiger partial charge is 0.478 e. The molecule has 1 amide bonds. The minimum Gasteiger partial charge on any atom is -0.478 e. The maximum atomic E-state index is 13.0. The predicted octanol–water partition coefficient (Wildman–Crippen LogP) is 5.10. The van der Waals surface area contributed by atoms with Crippen LogP contribution in [0, 0.1) is 6.92 Å². The van der Waals surface area contributed by atoms with Crippen molar-refractivity contribution in [2.45, 2.75) is 51.7 Å². The number of rotatable bonds is 7. The summed E-state index contributed by atoms with van der Waals surface area (Å²) in [5.74, 6) is -2.45. The van der Waals surface area contributed by atoms with Gasteiger partial charge in [0.25, 0.3) is 0 Å². The number of hydrogen-bond donors (Lipinski definition) is 2. The monoisotopic (exact) mass is 535 g/mol. The minimum atomic E-state index is -1.26. The van der Waals surface area contributed by atoms with E-state index in [9.17, 15) is 14.4 Å². The van der Waals surface area contributed by atoms with Gasteiger partial charge in [0.05, 0.1) is 0 Å². The Morgan fingerprint density at radius 1 is 1.05 bits per heavy atom. The SMILES string of the molecule is CC(=O)N(c1ccccc1)C1(c2nc(C)cs2)CCN(Cc2ccccc2)C(C)C1.O=C(O)C=CC(=O)O. The second kappa shape index (κ2) is 13.1. The topological polar surface area (TPSA) is 111 Å². The highest BCUT2D eigenvalue weighted by Gasteiger charge is 2.48. The number of anilines is 1. The lowest BCUT2D eigenvalue weighted by Gasteiger charge is -2.50. The van der Waals surface area contributed by atoms with Crippen LogP contribution in [0.15, 0.2) is 78.2 Å². The number of thiazole rings is 1. The molecule has 3 aromatic rings. The number of carbonyl (C=O) groups excluding carboxylic acids is 1. The van der Waals surface area contributed by atoms with Crippen LogP contribution >= 0.6 is 11.3 Å². The summed E-state index contributed by atoms with van der Waals surface area (Å²) < 4.78 is 0. The highest BCUT2D eigenvalue weighted by molar-refractivity contribution is 7.09. The highest BCUT2D eigenvalue weighted by Crippen LogP contribution is 2.45. The Bertz CT molecular complexity index is 1250. The lowest BCUT2D eigenvalue weighted by Crippen LogP contribution is -2.57. The number of para-hydroxylation sites is 1. The van der Waals surface area contributed by atoms with Gasteiger partial charge in [0, 0.05) is 55.0 Å². The average Bonchev–Trinajstić information content (AvgIpc) is 3.33. The number of nitrogens with zero attached hydrogens (tertiary/aromatic N) is 3. The summed E-state index contributed by atoms with van der Waals surface area (Å²) in [5.41, 5.74) is 2.87. The van der Waals surface area contributed by atoms with Crippen LogP contribution in [-0.2, 0) is 26.5 Å². The number of aryl methyl sites for hydroxylation is 1. The van der Waals surface area contributed by atoms with Crippen LogP contribution in [0.4, 0.5) is 5.69 Å². The van der Waals surface area contributed by atoms with Crippen molar-refractivity contribution in [2.24, 2.45) is 0 Å². The standard InChI is InChI=1S/C25H29N3OS.C4H4O4/c1-19-18-30-24(26-19)25(28(21(3)29)23-12-8-5-9-13-23)14-15-27(20(2)16-25)17-22-10-6-4-7-11-22;5-3(6)1-2-4(7)8/h4-13,18,20H,14-17H2,1-3H3;1-2H,(H,5,6)(H,7,8). The smallest absolute Gasteiger partial charge is 0.328 e. The normalized spacial score (nSPS) is 19.4. The molecule has 0 radical (unpaired) electrons. The molecular weight excluding hydrogens is 502 g/mol. The summed E-state index contributed by atoms with van der Waals surface area (Å²) in [5, 5.41) is 18.8. The number of carboxylic acids is 2. The Labute approximate surface area is 226 Å². The molecule has 8 nitrogen and oxygen atoms in total. The fourth-order valence-corrected chi connectivity index (χ4v) is 5.86. The number of benzene rings is 2. The van der Waals surface area contributed by atoms with Crippen molar-refractivity contribution in [1.29, 1.82) is 0 Å². The summed E-state index contributed by atoms with van der Waals surface area (Å²) in [6.07, 6.45) is 2.84. The van der Waals surface area contributed by atoms with Gasteiger partial charge in [-0.05, 0) is 44.4 Å². The van der Waals surface area contributed by atoms with Crippen LogP contribution < -0.4 is 4.90 Å². The van der Waals surface area contributed by atoms with Crippen LogP contribution in [0.3, 0.4) is 0 Å². The molecule has 0 aliphatic carbocycles. The number of piperidine rings is 1. The Hall–Kier alpha value is -3.82. The van der Waals surface area contributed by atoms with Crippen LogP contribution in [-0.4, -0.2) is 50.5 Å². The molecule has 2 unspecified atom stereocenters. The van der Waals surface area contributed by atoms with E-state index in [4.69, 9.17) is 15.2 Å². The van der Waals surface area contributed by atoms with E-state index < -0.39 is 17.5 Å². The van der Waals surface area contributed by atoms with E-state index in [-0.39, 0.29) is 5.91 Å². The number of aromatic nitrogens is 1. The summed E-state index contributed by atoms with van der Waals surface area (Å²) in [4.78, 5) is 41.5. The van der Waals surface area contributed by atoms with E-state index in [0.29, 0.717) is 18.2 Å².